The van der Waals surface area contributed by atoms with Crippen molar-refractivity contribution in [3.05, 3.63) is 23.8 Å². The molecule has 22 unspecified atom stereocenters. The summed E-state index contributed by atoms with van der Waals surface area (Å²) in [6.07, 6.45) is 3.09. The average molecular weight is 1330 g/mol. The summed E-state index contributed by atoms with van der Waals surface area (Å²) in [5.74, 6) is -0.983. The van der Waals surface area contributed by atoms with Crippen molar-refractivity contribution >= 4 is 249 Å². The normalized spacial score (nSPS) is 22.6. The summed E-state index contributed by atoms with van der Waals surface area (Å²) in [6, 6.07) is 0. The van der Waals surface area contributed by atoms with Crippen LogP contribution < -0.4 is 0 Å². The van der Waals surface area contributed by atoms with Gasteiger partial charge in [-0.05, 0) is 98.9 Å². The molecule has 1 aliphatic carbocycles. The molecule has 0 aliphatic heterocycles. The number of carbonyl (C=O) groups is 1. The Hall–Kier alpha value is 11.9. The van der Waals surface area contributed by atoms with Crippen LogP contribution in [0.1, 0.15) is 53.9 Å². The SMILES string of the molecule is C=C(CCCOP(P(P)P)P(P)P)[C@H]([C@H](C)C(=O)[C@@H](C)OP(P(P)P)P(PP)P(P)P)[C@H](O)C1C[C@H](OP(P(P)P(P)P)P(P(P)P)P(P)P)C(C)=CC1(C)C. The van der Waals surface area contributed by atoms with E-state index in [4.69, 9.17) is 13.6 Å². The van der Waals surface area contributed by atoms with Crippen molar-refractivity contribution < 1.29 is 23.5 Å². The first kappa shape index (κ1) is 65.9. The van der Waals surface area contributed by atoms with Gasteiger partial charge in [0.1, 0.15) is 6.10 Å². The fourth-order valence-corrected chi connectivity index (χ4v) is 201. The number of Topliss-reactive ketones (excluding diaryl/α,β-unsaturated/α-hetero) is 1. The van der Waals surface area contributed by atoms with Crippen LogP contribution in [0.2, 0.25) is 0 Å². The number of carbonyl (C=O) groups excluding carboxylic acids is 1. The molecule has 0 bridgehead atoms. The van der Waals surface area contributed by atoms with E-state index >= 15 is 0 Å². The van der Waals surface area contributed by atoms with Crippen molar-refractivity contribution in [3.8, 4) is 0 Å². The van der Waals surface area contributed by atoms with Crippen molar-refractivity contribution in [3.63, 3.8) is 0 Å². The van der Waals surface area contributed by atoms with Gasteiger partial charge in [-0.3, -0.25) is 4.79 Å². The topological polar surface area (TPSA) is 65.0 Å². The number of hydrogen-bond donors (Lipinski definition) is 1. The lowest BCUT2D eigenvalue weighted by Gasteiger charge is -2.47. The Bertz CT molecular complexity index is 1210. The average Bonchev–Trinajstić information content (AvgIpc) is 3.06. The van der Waals surface area contributed by atoms with Gasteiger partial charge in [-0.25, -0.2) is 0 Å². The summed E-state index contributed by atoms with van der Waals surface area (Å²) in [5, 5.41) is 12.8. The van der Waals surface area contributed by atoms with Crippen LogP contribution in [-0.4, -0.2) is 35.8 Å². The molecule has 0 aromatic carbocycles. The lowest BCUT2D eigenvalue weighted by atomic mass is 9.62. The summed E-state index contributed by atoms with van der Waals surface area (Å²) in [5.41, 5.74) is 1.86. The Kier molecular flexibility index (Phi) is 39.6. The molecule has 35 heteroatoms. The largest absolute Gasteiger partial charge is 0.392 e. The van der Waals surface area contributed by atoms with Crippen LogP contribution in [0.3, 0.4) is 0 Å². The lowest BCUT2D eigenvalue weighted by molar-refractivity contribution is -0.132. The van der Waals surface area contributed by atoms with Crippen LogP contribution in [0.25, 0.3) is 0 Å². The zero-order valence-corrected chi connectivity index (χ0v) is 63.3. The summed E-state index contributed by atoms with van der Waals surface area (Å²) in [4.78, 5) is 14.6. The molecular formula is C21H66O5P30. The highest BCUT2D eigenvalue weighted by Gasteiger charge is 2.47. The Morgan fingerprint density at radius 3 is 1.80 bits per heavy atom. The highest BCUT2D eigenvalue weighted by Crippen LogP contribution is 3.18. The highest BCUT2D eigenvalue weighted by molar-refractivity contribution is 9.19. The van der Waals surface area contributed by atoms with Gasteiger partial charge in [-0.1, -0.05) is 55.9 Å². The number of aliphatic hydroxyl groups excluding tert-OH is 1. The van der Waals surface area contributed by atoms with Gasteiger partial charge in [-0.2, -0.15) is 0 Å². The maximum absolute atomic E-state index is 14.6. The summed E-state index contributed by atoms with van der Waals surface area (Å²) in [7, 11) is 47.1. The van der Waals surface area contributed by atoms with Crippen LogP contribution >= 0.6 is 243 Å². The number of hydrogen-bond acceptors (Lipinski definition) is 5. The van der Waals surface area contributed by atoms with Crippen molar-refractivity contribution in [1.82, 2.24) is 0 Å². The van der Waals surface area contributed by atoms with E-state index in [-0.39, 0.29) is 79.1 Å². The molecular weight excluding hydrogens is 1260 g/mol. The van der Waals surface area contributed by atoms with E-state index < -0.39 is 60.6 Å². The Morgan fingerprint density at radius 2 is 1.38 bits per heavy atom. The van der Waals surface area contributed by atoms with Gasteiger partial charge < -0.3 is 18.7 Å². The Labute approximate surface area is 394 Å². The maximum Gasteiger partial charge on any atom is 0.165 e. The van der Waals surface area contributed by atoms with Crippen molar-refractivity contribution in [1.29, 1.82) is 0 Å². The van der Waals surface area contributed by atoms with Crippen LogP contribution in [0.5, 0.6) is 0 Å². The Balaban J connectivity index is 3.64. The minimum atomic E-state index is -0.789. The standard InChI is InChI=1S/C21H66O5P30/c1-12(8-7-9-24-44(47(28)29)48(30)31)18(14(3)19(22)15(4)25-45(49(32)33)55(43-27)51(36)37)20(23)16-10-17(13(2)11-21(16,5)6)26-46(54(42)50(34)35)56(52(38)39)53(40)41/h11,14-18,20,23,43H,1,7-10,27-42H2,2-6H3/t14-,15+,16?,17-,18+,20+,45?,46?,54?,55?/m0/s1. The number of allylic oxidation sites excluding steroid dienone is 1. The summed E-state index contributed by atoms with van der Waals surface area (Å²) in [6.45, 7) is 12.3. The van der Waals surface area contributed by atoms with Gasteiger partial charge >= 0.3 is 0 Å². The van der Waals surface area contributed by atoms with Gasteiger partial charge in [-0.15, -0.1) is 134 Å². The monoisotopic (exact) mass is 1330 g/mol. The Morgan fingerprint density at radius 1 is 0.857 bits per heavy atom. The third-order valence-electron chi connectivity index (χ3n) is 8.56. The van der Waals surface area contributed by atoms with Crippen molar-refractivity contribution in [2.75, 3.05) is 6.61 Å². The predicted octanol–water partition coefficient (Wildman–Crippen LogP) is 20.7. The molecule has 0 radical (unpaired) electrons. The smallest absolute Gasteiger partial charge is 0.165 e. The molecule has 0 heterocycles. The van der Waals surface area contributed by atoms with Crippen LogP contribution in [0, 0.1) is 23.2 Å². The molecule has 330 valence electrons. The quantitative estimate of drug-likeness (QED) is 0.0531. The van der Waals surface area contributed by atoms with E-state index in [9.17, 15) is 9.90 Å². The van der Waals surface area contributed by atoms with Crippen LogP contribution in [0.15, 0.2) is 23.8 Å². The highest BCUT2D eigenvalue weighted by atomic mass is 33.2. The predicted molar refractivity (Wildman–Crippen MR) is 353 cm³/mol. The number of ketones is 1. The molecule has 0 saturated heterocycles. The molecule has 0 saturated carbocycles. The van der Waals surface area contributed by atoms with E-state index in [1.807, 2.05) is 13.8 Å². The van der Waals surface area contributed by atoms with Crippen LogP contribution in [-0.2, 0) is 18.4 Å². The first-order valence-corrected chi connectivity index (χ1v) is 68.5. The summed E-state index contributed by atoms with van der Waals surface area (Å²) >= 11 is 0. The molecule has 27 atom stereocenters. The molecule has 0 aromatic rings. The molecule has 1 rings (SSSR count). The maximum atomic E-state index is 14.6. The van der Waals surface area contributed by atoms with Gasteiger partial charge in [0, 0.05) is 32.8 Å². The van der Waals surface area contributed by atoms with E-state index in [1.165, 1.54) is 5.57 Å². The third-order valence-corrected chi connectivity index (χ3v) is 149. The fourth-order valence-electron chi connectivity index (χ4n) is 6.03. The second-order valence-electron chi connectivity index (χ2n) is 13.1. The first-order chi connectivity index (χ1) is 25.7. The number of aliphatic hydroxyl groups is 1. The number of rotatable bonds is 26. The molecule has 0 aromatic heterocycles. The molecule has 56 heavy (non-hydrogen) atoms. The van der Waals surface area contributed by atoms with Gasteiger partial charge in [0.05, 0.1) is 41.4 Å². The van der Waals surface area contributed by atoms with Crippen LogP contribution in [0.4, 0.5) is 0 Å². The zero-order valence-electron chi connectivity index (χ0n) is 32.2. The van der Waals surface area contributed by atoms with E-state index in [1.54, 1.807) is 0 Å². The molecule has 0 spiro atoms. The lowest BCUT2D eigenvalue weighted by Crippen LogP contribution is -2.47. The van der Waals surface area contributed by atoms with Crippen molar-refractivity contribution in [2.45, 2.75) is 72.2 Å². The second-order valence-corrected chi connectivity index (χ2v) is 120. The third kappa shape index (κ3) is 22.2. The molecule has 5 nitrogen and oxygen atoms in total. The molecule has 1 N–H and O–H groups in total. The fraction of sp³-hybridized carbons (Fsp3) is 0.762. The molecule has 0 amide bonds. The zero-order chi connectivity index (χ0) is 43.6. The first-order valence-electron chi connectivity index (χ1n) is 16.4. The molecule has 0 fully saturated rings. The minimum absolute atomic E-state index is 0.0511. The van der Waals surface area contributed by atoms with Crippen molar-refractivity contribution in [2.24, 2.45) is 23.2 Å². The minimum Gasteiger partial charge on any atom is -0.392 e. The van der Waals surface area contributed by atoms with E-state index in [2.05, 4.69) is 176 Å². The van der Waals surface area contributed by atoms with E-state index in [0.29, 0.717) is 27.4 Å². The van der Waals surface area contributed by atoms with E-state index in [0.717, 1.165) is 12.0 Å². The summed E-state index contributed by atoms with van der Waals surface area (Å²) < 4.78 is 20.6. The van der Waals surface area contributed by atoms with Gasteiger partial charge in [0.15, 0.2) is 5.78 Å². The van der Waals surface area contributed by atoms with Gasteiger partial charge in [0.25, 0.3) is 0 Å². The second kappa shape index (κ2) is 33.7. The van der Waals surface area contributed by atoms with Gasteiger partial charge in [0.2, 0.25) is 0 Å². The molecule has 1 aliphatic rings.